The summed E-state index contributed by atoms with van der Waals surface area (Å²) in [5.74, 6) is 0.507. The number of amides is 1. The van der Waals surface area contributed by atoms with Crippen molar-refractivity contribution in [1.29, 1.82) is 0 Å². The van der Waals surface area contributed by atoms with Crippen LogP contribution < -0.4 is 19.5 Å². The Morgan fingerprint density at radius 3 is 2.58 bits per heavy atom. The standard InChI is InChI=1S/C22H26N2O7S2/c1-22(2)12-15-4-3-5-19(21(15)31-22)30-13-20(25)23-16-6-8-18(9-7-16)33(28,29)24-17-10-11-32(26,27)14-17/h3-9,17,24H,10-14H2,1-2H3,(H,23,25)/t17-/m0/s1. The lowest BCUT2D eigenvalue weighted by Crippen LogP contribution is -2.35. The van der Waals surface area contributed by atoms with Crippen molar-refractivity contribution in [2.24, 2.45) is 0 Å². The molecule has 11 heteroatoms. The number of para-hydroxylation sites is 1. The maximum absolute atomic E-state index is 12.5. The van der Waals surface area contributed by atoms with Crippen LogP contribution >= 0.6 is 0 Å². The molecule has 1 saturated heterocycles. The first-order valence-electron chi connectivity index (χ1n) is 10.5. The smallest absolute Gasteiger partial charge is 0.262 e. The van der Waals surface area contributed by atoms with Gasteiger partial charge >= 0.3 is 0 Å². The molecule has 2 aliphatic heterocycles. The summed E-state index contributed by atoms with van der Waals surface area (Å²) in [4.78, 5) is 12.3. The lowest BCUT2D eigenvalue weighted by molar-refractivity contribution is -0.118. The molecule has 0 saturated carbocycles. The summed E-state index contributed by atoms with van der Waals surface area (Å²) in [6.07, 6.45) is 1.01. The summed E-state index contributed by atoms with van der Waals surface area (Å²) in [6.45, 7) is 3.73. The first-order chi connectivity index (χ1) is 15.4. The number of nitrogens with one attached hydrogen (secondary N) is 2. The molecular formula is C22H26N2O7S2. The van der Waals surface area contributed by atoms with Gasteiger partial charge in [-0.15, -0.1) is 0 Å². The molecule has 0 bridgehead atoms. The molecule has 1 atom stereocenters. The Bertz CT molecular complexity index is 1270. The van der Waals surface area contributed by atoms with Crippen LogP contribution in [0.25, 0.3) is 0 Å². The Balaban J connectivity index is 1.33. The van der Waals surface area contributed by atoms with Gasteiger partial charge in [0, 0.05) is 23.7 Å². The zero-order valence-corrected chi connectivity index (χ0v) is 20.0. The lowest BCUT2D eigenvalue weighted by atomic mass is 10.0. The fraction of sp³-hybridized carbons (Fsp3) is 0.409. The molecule has 2 heterocycles. The molecule has 2 aromatic rings. The van der Waals surface area contributed by atoms with E-state index in [1.54, 1.807) is 6.07 Å². The van der Waals surface area contributed by atoms with Crippen LogP contribution in [-0.4, -0.2) is 52.5 Å². The van der Waals surface area contributed by atoms with Gasteiger partial charge < -0.3 is 14.8 Å². The molecule has 0 spiro atoms. The SMILES string of the molecule is CC1(C)Cc2cccc(OCC(=O)Nc3ccc(S(=O)(=O)N[C@H]4CCS(=O)(=O)C4)cc3)c2O1. The van der Waals surface area contributed by atoms with E-state index in [2.05, 4.69) is 10.0 Å². The fourth-order valence-electron chi connectivity index (χ4n) is 3.93. The van der Waals surface area contributed by atoms with Crippen LogP contribution in [0.15, 0.2) is 47.4 Å². The highest BCUT2D eigenvalue weighted by Crippen LogP contribution is 2.41. The number of hydrogen-bond acceptors (Lipinski definition) is 7. The van der Waals surface area contributed by atoms with E-state index in [-0.39, 0.29) is 35.0 Å². The minimum atomic E-state index is -3.87. The van der Waals surface area contributed by atoms with Gasteiger partial charge in [-0.2, -0.15) is 0 Å². The zero-order chi connectivity index (χ0) is 23.9. The summed E-state index contributed by atoms with van der Waals surface area (Å²) >= 11 is 0. The molecule has 9 nitrogen and oxygen atoms in total. The van der Waals surface area contributed by atoms with Crippen molar-refractivity contribution in [2.45, 2.75) is 43.2 Å². The number of anilines is 1. The highest BCUT2D eigenvalue weighted by atomic mass is 32.2. The van der Waals surface area contributed by atoms with E-state index in [1.165, 1.54) is 24.3 Å². The van der Waals surface area contributed by atoms with E-state index < -0.39 is 31.8 Å². The minimum Gasteiger partial charge on any atom is -0.483 e. The second kappa shape index (κ2) is 8.62. The predicted molar refractivity (Wildman–Crippen MR) is 123 cm³/mol. The number of fused-ring (bicyclic) bond motifs is 1. The van der Waals surface area contributed by atoms with Crippen molar-refractivity contribution >= 4 is 31.5 Å². The van der Waals surface area contributed by atoms with E-state index >= 15 is 0 Å². The van der Waals surface area contributed by atoms with Crippen molar-refractivity contribution < 1.29 is 31.1 Å². The summed E-state index contributed by atoms with van der Waals surface area (Å²) in [5, 5.41) is 2.66. The van der Waals surface area contributed by atoms with Gasteiger partial charge in [-0.3, -0.25) is 4.79 Å². The van der Waals surface area contributed by atoms with Crippen LogP contribution in [0.1, 0.15) is 25.8 Å². The quantitative estimate of drug-likeness (QED) is 0.601. The van der Waals surface area contributed by atoms with E-state index in [1.807, 2.05) is 26.0 Å². The second-order valence-corrected chi connectivity index (χ2v) is 12.8. The van der Waals surface area contributed by atoms with E-state index in [9.17, 15) is 21.6 Å². The first-order valence-corrected chi connectivity index (χ1v) is 13.8. The van der Waals surface area contributed by atoms with Gasteiger partial charge in [-0.25, -0.2) is 21.6 Å². The number of ether oxygens (including phenoxy) is 2. The van der Waals surface area contributed by atoms with E-state index in [0.29, 0.717) is 17.2 Å². The first kappa shape index (κ1) is 23.5. The van der Waals surface area contributed by atoms with Gasteiger partial charge in [0.05, 0.1) is 16.4 Å². The number of benzene rings is 2. The number of sulfone groups is 1. The highest BCUT2D eigenvalue weighted by Gasteiger charge is 2.33. The Morgan fingerprint density at radius 1 is 1.18 bits per heavy atom. The third kappa shape index (κ3) is 5.66. The van der Waals surface area contributed by atoms with Crippen LogP contribution in [0.2, 0.25) is 0 Å². The second-order valence-electron chi connectivity index (χ2n) is 8.87. The zero-order valence-electron chi connectivity index (χ0n) is 18.3. The summed E-state index contributed by atoms with van der Waals surface area (Å²) in [6, 6.07) is 10.6. The van der Waals surface area contributed by atoms with Crippen LogP contribution in [-0.2, 0) is 31.1 Å². The number of hydrogen-bond donors (Lipinski definition) is 2. The molecule has 0 aliphatic carbocycles. The number of rotatable bonds is 7. The van der Waals surface area contributed by atoms with Gasteiger partial charge in [-0.05, 0) is 50.6 Å². The normalized spacial score (nSPS) is 20.6. The van der Waals surface area contributed by atoms with Crippen LogP contribution in [0, 0.1) is 0 Å². The van der Waals surface area contributed by atoms with Gasteiger partial charge in [0.25, 0.3) is 5.91 Å². The lowest BCUT2D eigenvalue weighted by Gasteiger charge is -2.18. The minimum absolute atomic E-state index is 0.0133. The molecule has 0 unspecified atom stereocenters. The Kier molecular flexibility index (Phi) is 6.14. The van der Waals surface area contributed by atoms with E-state index in [4.69, 9.17) is 9.47 Å². The van der Waals surface area contributed by atoms with Crippen molar-refractivity contribution in [3.8, 4) is 11.5 Å². The Labute approximate surface area is 193 Å². The Hall–Kier alpha value is -2.63. The average Bonchev–Trinajstić information content (AvgIpc) is 3.22. The molecule has 4 rings (SSSR count). The molecule has 1 fully saturated rings. The number of carbonyl (C=O) groups excluding carboxylic acids is 1. The third-order valence-electron chi connectivity index (χ3n) is 5.42. The molecule has 2 aliphatic rings. The van der Waals surface area contributed by atoms with Gasteiger partial charge in [0.15, 0.2) is 27.9 Å². The van der Waals surface area contributed by atoms with Crippen molar-refractivity contribution in [1.82, 2.24) is 4.72 Å². The van der Waals surface area contributed by atoms with Crippen LogP contribution in [0.3, 0.4) is 0 Å². The van der Waals surface area contributed by atoms with Gasteiger partial charge in [0.2, 0.25) is 10.0 Å². The Morgan fingerprint density at radius 2 is 1.91 bits per heavy atom. The summed E-state index contributed by atoms with van der Waals surface area (Å²) in [5.41, 5.74) is 1.10. The third-order valence-corrected chi connectivity index (χ3v) is 8.72. The molecule has 2 aromatic carbocycles. The molecular weight excluding hydrogens is 468 g/mol. The fourth-order valence-corrected chi connectivity index (χ4v) is 6.98. The van der Waals surface area contributed by atoms with E-state index in [0.717, 1.165) is 12.0 Å². The maximum atomic E-state index is 12.5. The van der Waals surface area contributed by atoms with Crippen LogP contribution in [0.4, 0.5) is 5.69 Å². The average molecular weight is 495 g/mol. The van der Waals surface area contributed by atoms with Gasteiger partial charge in [-0.1, -0.05) is 12.1 Å². The largest absolute Gasteiger partial charge is 0.483 e. The topological polar surface area (TPSA) is 128 Å². The maximum Gasteiger partial charge on any atom is 0.262 e. The molecule has 2 N–H and O–H groups in total. The van der Waals surface area contributed by atoms with Crippen molar-refractivity contribution in [3.63, 3.8) is 0 Å². The van der Waals surface area contributed by atoms with Crippen molar-refractivity contribution in [3.05, 3.63) is 48.0 Å². The molecule has 0 aromatic heterocycles. The predicted octanol–water partition coefficient (Wildman–Crippen LogP) is 1.88. The van der Waals surface area contributed by atoms with Crippen molar-refractivity contribution in [2.75, 3.05) is 23.4 Å². The monoisotopic (exact) mass is 494 g/mol. The van der Waals surface area contributed by atoms with Gasteiger partial charge in [0.1, 0.15) is 5.60 Å². The molecule has 1 amide bonds. The summed E-state index contributed by atoms with van der Waals surface area (Å²) < 4.78 is 62.1. The number of sulfonamides is 1. The number of carbonyl (C=O) groups is 1. The molecule has 0 radical (unpaired) electrons. The molecule has 33 heavy (non-hydrogen) atoms. The molecule has 178 valence electrons. The summed E-state index contributed by atoms with van der Waals surface area (Å²) in [7, 11) is -7.07. The van der Waals surface area contributed by atoms with Crippen LogP contribution in [0.5, 0.6) is 11.5 Å². The highest BCUT2D eigenvalue weighted by molar-refractivity contribution is 7.92.